The average molecular weight is 302 g/mol. The summed E-state index contributed by atoms with van der Waals surface area (Å²) < 4.78 is 10.8. The Bertz CT molecular complexity index is 689. The maximum absolute atomic E-state index is 12.8. The molecule has 2 aromatic rings. The second kappa shape index (κ2) is 5.15. The van der Waals surface area contributed by atoms with E-state index in [-0.39, 0.29) is 17.8 Å². The van der Waals surface area contributed by atoms with Crippen molar-refractivity contribution in [3.63, 3.8) is 0 Å². The van der Waals surface area contributed by atoms with E-state index in [9.17, 15) is 4.79 Å². The van der Waals surface area contributed by atoms with Gasteiger partial charge in [0, 0.05) is 19.0 Å². The van der Waals surface area contributed by atoms with Gasteiger partial charge in [0.25, 0.3) is 5.91 Å². The van der Waals surface area contributed by atoms with E-state index >= 15 is 0 Å². The normalized spacial score (nSPS) is 22.0. The van der Waals surface area contributed by atoms with E-state index in [1.165, 1.54) is 0 Å². The summed E-state index contributed by atoms with van der Waals surface area (Å²) in [6.45, 7) is 1.32. The number of anilines is 1. The molecule has 1 amide bonds. The molecule has 2 aromatic heterocycles. The van der Waals surface area contributed by atoms with Crippen molar-refractivity contribution in [3.05, 3.63) is 29.5 Å². The van der Waals surface area contributed by atoms with Gasteiger partial charge in [-0.15, -0.1) is 5.10 Å². The van der Waals surface area contributed by atoms with Gasteiger partial charge in [0.1, 0.15) is 5.76 Å². The van der Waals surface area contributed by atoms with Crippen LogP contribution in [0.25, 0.3) is 0 Å². The zero-order valence-corrected chi connectivity index (χ0v) is 12.2. The molecule has 4 rings (SSSR count). The molecule has 0 bridgehead atoms. The lowest BCUT2D eigenvalue weighted by Gasteiger charge is -2.31. The molecule has 22 heavy (non-hydrogen) atoms. The molecular formula is C15H18N4O3. The topological polar surface area (TPSA) is 98.4 Å². The Kier molecular flexibility index (Phi) is 3.13. The number of amides is 1. The van der Waals surface area contributed by atoms with Crippen LogP contribution in [0.1, 0.15) is 59.5 Å². The summed E-state index contributed by atoms with van der Waals surface area (Å²) in [6.07, 6.45) is 5.66. The van der Waals surface area contributed by atoms with Crippen molar-refractivity contribution >= 4 is 11.9 Å². The zero-order chi connectivity index (χ0) is 15.1. The van der Waals surface area contributed by atoms with Gasteiger partial charge in [0.2, 0.25) is 5.89 Å². The monoisotopic (exact) mass is 302 g/mol. The first-order chi connectivity index (χ1) is 10.7. The summed E-state index contributed by atoms with van der Waals surface area (Å²) in [5.41, 5.74) is 6.19. The molecule has 116 valence electrons. The number of piperidine rings is 1. The van der Waals surface area contributed by atoms with Gasteiger partial charge in [-0.2, -0.15) is 0 Å². The highest BCUT2D eigenvalue weighted by molar-refractivity contribution is 5.95. The van der Waals surface area contributed by atoms with E-state index in [0.29, 0.717) is 23.9 Å². The summed E-state index contributed by atoms with van der Waals surface area (Å²) in [4.78, 5) is 14.6. The Morgan fingerprint density at radius 2 is 2.14 bits per heavy atom. The summed E-state index contributed by atoms with van der Waals surface area (Å²) in [5.74, 6) is 1.87. The minimum Gasteiger partial charge on any atom is -0.468 e. The van der Waals surface area contributed by atoms with Gasteiger partial charge in [0.05, 0.1) is 17.7 Å². The third-order valence-corrected chi connectivity index (χ3v) is 4.39. The Morgan fingerprint density at radius 3 is 2.86 bits per heavy atom. The molecule has 7 nitrogen and oxygen atoms in total. The molecule has 1 saturated carbocycles. The lowest BCUT2D eigenvalue weighted by molar-refractivity contribution is 0.0696. The minimum atomic E-state index is 0.0350. The first-order valence-corrected chi connectivity index (χ1v) is 7.68. The fraction of sp³-hybridized carbons (Fsp3) is 0.533. The van der Waals surface area contributed by atoms with Crippen LogP contribution >= 0.6 is 0 Å². The molecule has 7 heteroatoms. The van der Waals surface area contributed by atoms with E-state index in [1.54, 1.807) is 12.3 Å². The SMILES string of the molecule is Nc1nnc(C2CCCN(C(=O)c3ccoc3C3CC3)C2)o1. The number of furan rings is 1. The van der Waals surface area contributed by atoms with Crippen LogP contribution in [0.2, 0.25) is 0 Å². The Labute approximate surface area is 127 Å². The van der Waals surface area contributed by atoms with Gasteiger partial charge in [-0.3, -0.25) is 4.79 Å². The molecular weight excluding hydrogens is 284 g/mol. The number of rotatable bonds is 3. The van der Waals surface area contributed by atoms with Crippen LogP contribution < -0.4 is 5.73 Å². The van der Waals surface area contributed by atoms with Gasteiger partial charge in [-0.1, -0.05) is 5.10 Å². The van der Waals surface area contributed by atoms with Crippen molar-refractivity contribution in [2.45, 2.75) is 37.5 Å². The molecule has 0 aromatic carbocycles. The summed E-state index contributed by atoms with van der Waals surface area (Å²) in [6, 6.07) is 1.86. The highest BCUT2D eigenvalue weighted by Gasteiger charge is 2.34. The van der Waals surface area contributed by atoms with Crippen molar-refractivity contribution in [1.29, 1.82) is 0 Å². The van der Waals surface area contributed by atoms with Crippen molar-refractivity contribution in [3.8, 4) is 0 Å². The number of carbonyl (C=O) groups excluding carboxylic acids is 1. The molecule has 1 atom stereocenters. The third-order valence-electron chi connectivity index (χ3n) is 4.39. The first kappa shape index (κ1) is 13.4. The van der Waals surface area contributed by atoms with Crippen LogP contribution in [0, 0.1) is 0 Å². The van der Waals surface area contributed by atoms with E-state index in [0.717, 1.165) is 38.0 Å². The number of nitrogens with two attached hydrogens (primary N) is 1. The largest absolute Gasteiger partial charge is 0.468 e. The lowest BCUT2D eigenvalue weighted by atomic mass is 9.97. The number of nitrogens with zero attached hydrogens (tertiary/aromatic N) is 3. The summed E-state index contributed by atoms with van der Waals surface area (Å²) in [7, 11) is 0. The highest BCUT2D eigenvalue weighted by atomic mass is 16.4. The molecule has 1 saturated heterocycles. The van der Waals surface area contributed by atoms with Gasteiger partial charge in [0.15, 0.2) is 0 Å². The fourth-order valence-electron chi connectivity index (χ4n) is 3.10. The van der Waals surface area contributed by atoms with Gasteiger partial charge < -0.3 is 19.5 Å². The molecule has 0 spiro atoms. The molecule has 3 heterocycles. The Balaban J connectivity index is 1.52. The van der Waals surface area contributed by atoms with Crippen LogP contribution in [-0.4, -0.2) is 34.1 Å². The molecule has 2 N–H and O–H groups in total. The molecule has 2 aliphatic rings. The summed E-state index contributed by atoms with van der Waals surface area (Å²) >= 11 is 0. The molecule has 2 fully saturated rings. The maximum atomic E-state index is 12.8. The van der Waals surface area contributed by atoms with E-state index in [2.05, 4.69) is 10.2 Å². The molecule has 0 radical (unpaired) electrons. The first-order valence-electron chi connectivity index (χ1n) is 7.68. The number of aromatic nitrogens is 2. The number of hydrogen-bond acceptors (Lipinski definition) is 6. The smallest absolute Gasteiger partial charge is 0.312 e. The van der Waals surface area contributed by atoms with Crippen LogP contribution in [0.5, 0.6) is 0 Å². The van der Waals surface area contributed by atoms with E-state index < -0.39 is 0 Å². The predicted octanol–water partition coefficient (Wildman–Crippen LogP) is 2.14. The molecule has 1 aliphatic heterocycles. The van der Waals surface area contributed by atoms with Crippen LogP contribution in [0.3, 0.4) is 0 Å². The van der Waals surface area contributed by atoms with Crippen molar-refractivity contribution in [2.75, 3.05) is 18.8 Å². The van der Waals surface area contributed by atoms with Crippen molar-refractivity contribution < 1.29 is 13.6 Å². The molecule has 1 aliphatic carbocycles. The van der Waals surface area contributed by atoms with Gasteiger partial charge in [-0.25, -0.2) is 0 Å². The maximum Gasteiger partial charge on any atom is 0.312 e. The second-order valence-corrected chi connectivity index (χ2v) is 6.04. The predicted molar refractivity (Wildman–Crippen MR) is 77.3 cm³/mol. The Morgan fingerprint density at radius 1 is 1.27 bits per heavy atom. The van der Waals surface area contributed by atoms with E-state index in [1.807, 2.05) is 4.90 Å². The van der Waals surface area contributed by atoms with Gasteiger partial charge in [-0.05, 0) is 31.7 Å². The minimum absolute atomic E-state index is 0.0350. The highest BCUT2D eigenvalue weighted by Crippen LogP contribution is 2.42. The van der Waals surface area contributed by atoms with Crippen molar-refractivity contribution in [1.82, 2.24) is 15.1 Å². The van der Waals surface area contributed by atoms with Crippen LogP contribution in [0.15, 0.2) is 21.2 Å². The summed E-state index contributed by atoms with van der Waals surface area (Å²) in [5, 5.41) is 7.65. The Hall–Kier alpha value is -2.31. The average Bonchev–Trinajstić information content (AvgIpc) is 3.10. The second-order valence-electron chi connectivity index (χ2n) is 6.04. The number of nitrogen functional groups attached to an aromatic ring is 1. The molecule has 1 unspecified atom stereocenters. The standard InChI is InChI=1S/C15H18N4O3/c16-15-18-17-13(22-15)10-2-1-6-19(8-10)14(20)11-5-7-21-12(11)9-3-4-9/h5,7,9-10H,1-4,6,8H2,(H2,16,18). The van der Waals surface area contributed by atoms with E-state index in [4.69, 9.17) is 14.6 Å². The van der Waals surface area contributed by atoms with Crippen LogP contribution in [0.4, 0.5) is 6.01 Å². The fourth-order valence-corrected chi connectivity index (χ4v) is 3.10. The third kappa shape index (κ3) is 2.36. The number of hydrogen-bond donors (Lipinski definition) is 1. The number of carbonyl (C=O) groups is 1. The van der Waals surface area contributed by atoms with Crippen molar-refractivity contribution in [2.24, 2.45) is 0 Å². The number of likely N-dealkylation sites (tertiary alicyclic amines) is 1. The lowest BCUT2D eigenvalue weighted by Crippen LogP contribution is -2.39. The zero-order valence-electron chi connectivity index (χ0n) is 12.2. The van der Waals surface area contributed by atoms with Crippen LogP contribution in [-0.2, 0) is 0 Å². The van der Waals surface area contributed by atoms with Gasteiger partial charge >= 0.3 is 6.01 Å². The quantitative estimate of drug-likeness (QED) is 0.932.